The number of benzene rings is 4. The highest BCUT2D eigenvalue weighted by atomic mass is 35.5. The van der Waals surface area contributed by atoms with Crippen LogP contribution < -0.4 is 4.74 Å². The number of halogens is 1. The molecule has 0 unspecified atom stereocenters. The number of hydrogen-bond donors (Lipinski definition) is 0. The molecule has 1 fully saturated rings. The average molecular weight is 608 g/mol. The van der Waals surface area contributed by atoms with E-state index in [1.165, 1.54) is 49.6 Å². The summed E-state index contributed by atoms with van der Waals surface area (Å²) in [7, 11) is 1.70. The topological polar surface area (TPSA) is 37.7 Å². The van der Waals surface area contributed by atoms with E-state index >= 15 is 0 Å². The lowest BCUT2D eigenvalue weighted by atomic mass is 10.00. The minimum Gasteiger partial charge on any atom is -0.497 e. The normalized spacial score (nSPS) is 14.0. The summed E-state index contributed by atoms with van der Waals surface area (Å²) >= 11 is 5.98. The van der Waals surface area contributed by atoms with E-state index in [0.717, 1.165) is 69.8 Å². The van der Waals surface area contributed by atoms with Gasteiger partial charge in [-0.3, -0.25) is 9.69 Å². The second-order valence-electron chi connectivity index (χ2n) is 12.1. The number of alkyl halides is 1. The Hall–Kier alpha value is -3.80. The molecule has 5 aromatic rings. The van der Waals surface area contributed by atoms with E-state index in [1.807, 2.05) is 23.1 Å². The molecule has 2 heterocycles. The van der Waals surface area contributed by atoms with Crippen molar-refractivity contribution < 1.29 is 9.53 Å². The number of rotatable bonds is 10. The van der Waals surface area contributed by atoms with Crippen LogP contribution in [0.25, 0.3) is 21.7 Å². The van der Waals surface area contributed by atoms with Crippen molar-refractivity contribution in [3.63, 3.8) is 0 Å². The molecule has 6 heteroatoms. The molecule has 1 saturated heterocycles. The largest absolute Gasteiger partial charge is 0.497 e. The number of aryl methyl sites for hydroxylation is 2. The first kappa shape index (κ1) is 30.2. The molecule has 0 N–H and O–H groups in total. The van der Waals surface area contributed by atoms with Gasteiger partial charge >= 0.3 is 0 Å². The van der Waals surface area contributed by atoms with Crippen LogP contribution in [0.1, 0.15) is 44.7 Å². The molecule has 44 heavy (non-hydrogen) atoms. The number of aromatic nitrogens is 1. The number of piperazine rings is 1. The predicted octanol–water partition coefficient (Wildman–Crippen LogP) is 7.64. The lowest BCUT2D eigenvalue weighted by molar-refractivity contribution is 0.0638. The van der Waals surface area contributed by atoms with Gasteiger partial charge in [-0.1, -0.05) is 42.5 Å². The van der Waals surface area contributed by atoms with Gasteiger partial charge in [-0.05, 0) is 103 Å². The van der Waals surface area contributed by atoms with Gasteiger partial charge in [0.1, 0.15) is 5.75 Å². The maximum atomic E-state index is 13.5. The van der Waals surface area contributed by atoms with Gasteiger partial charge in [0, 0.05) is 67.3 Å². The highest BCUT2D eigenvalue weighted by Crippen LogP contribution is 2.28. The van der Waals surface area contributed by atoms with Gasteiger partial charge in [0.2, 0.25) is 0 Å². The highest BCUT2D eigenvalue weighted by Gasteiger charge is 2.22. The number of ether oxygens (including phenoxy) is 1. The van der Waals surface area contributed by atoms with Crippen molar-refractivity contribution in [2.75, 3.05) is 45.7 Å². The van der Waals surface area contributed by atoms with Gasteiger partial charge < -0.3 is 14.2 Å². The fourth-order valence-electron chi connectivity index (χ4n) is 6.56. The lowest BCUT2D eigenvalue weighted by Crippen LogP contribution is -2.49. The summed E-state index contributed by atoms with van der Waals surface area (Å²) in [5.74, 6) is 1.69. The van der Waals surface area contributed by atoms with E-state index in [2.05, 4.69) is 84.0 Å². The molecule has 1 aliphatic rings. The van der Waals surface area contributed by atoms with Gasteiger partial charge in [0.15, 0.2) is 0 Å². The zero-order valence-corrected chi connectivity index (χ0v) is 26.9. The van der Waals surface area contributed by atoms with Gasteiger partial charge in [0.25, 0.3) is 5.91 Å². The van der Waals surface area contributed by atoms with Crippen LogP contribution >= 0.6 is 11.6 Å². The van der Waals surface area contributed by atoms with E-state index in [4.69, 9.17) is 16.3 Å². The zero-order valence-electron chi connectivity index (χ0n) is 26.1. The summed E-state index contributed by atoms with van der Waals surface area (Å²) in [5.41, 5.74) is 8.46. The number of carbonyl (C=O) groups is 1. The van der Waals surface area contributed by atoms with Crippen LogP contribution in [0.5, 0.6) is 5.75 Å². The third kappa shape index (κ3) is 6.50. The summed E-state index contributed by atoms with van der Waals surface area (Å²) in [4.78, 5) is 18.0. The molecular formula is C38H42ClN3O2. The molecule has 1 aromatic heterocycles. The van der Waals surface area contributed by atoms with Crippen molar-refractivity contribution in [2.45, 2.75) is 39.7 Å². The van der Waals surface area contributed by atoms with Crippen LogP contribution in [0.4, 0.5) is 0 Å². The Kier molecular flexibility index (Phi) is 9.25. The maximum Gasteiger partial charge on any atom is 0.253 e. The van der Waals surface area contributed by atoms with E-state index < -0.39 is 0 Å². The third-order valence-corrected chi connectivity index (χ3v) is 9.56. The Morgan fingerprint density at radius 1 is 0.818 bits per heavy atom. The van der Waals surface area contributed by atoms with Crippen molar-refractivity contribution >= 4 is 39.2 Å². The van der Waals surface area contributed by atoms with E-state index in [1.54, 1.807) is 7.11 Å². The first-order chi connectivity index (χ1) is 21.4. The number of carbonyl (C=O) groups excluding carboxylic acids is 1. The van der Waals surface area contributed by atoms with Gasteiger partial charge in [-0.25, -0.2) is 0 Å². The molecule has 0 aliphatic carbocycles. The zero-order chi connectivity index (χ0) is 30.6. The van der Waals surface area contributed by atoms with Crippen LogP contribution in [-0.2, 0) is 19.4 Å². The SMILES string of the molecule is COc1ccc2cc(CCN3CCN(C(=O)c4cccc(Cc5ccc6c(c5)c(C)c(C)n6CCCCl)c4)CC3)ccc2c1. The Labute approximate surface area is 266 Å². The smallest absolute Gasteiger partial charge is 0.253 e. The second-order valence-corrected chi connectivity index (χ2v) is 12.4. The van der Waals surface area contributed by atoms with Crippen LogP contribution in [-0.4, -0.2) is 66.0 Å². The first-order valence-electron chi connectivity index (χ1n) is 15.7. The molecule has 1 aliphatic heterocycles. The van der Waals surface area contributed by atoms with Crippen LogP contribution in [0.15, 0.2) is 78.9 Å². The van der Waals surface area contributed by atoms with E-state index in [9.17, 15) is 4.79 Å². The summed E-state index contributed by atoms with van der Waals surface area (Å²) in [6.45, 7) is 9.67. The number of nitrogens with zero attached hydrogens (tertiary/aromatic N) is 3. The summed E-state index contributed by atoms with van der Waals surface area (Å²) in [6, 6.07) is 27.9. The molecule has 0 saturated carbocycles. The predicted molar refractivity (Wildman–Crippen MR) is 183 cm³/mol. The fourth-order valence-corrected chi connectivity index (χ4v) is 6.68. The monoisotopic (exact) mass is 607 g/mol. The van der Waals surface area contributed by atoms with Crippen LogP contribution in [0, 0.1) is 13.8 Å². The van der Waals surface area contributed by atoms with Crippen LogP contribution in [0.2, 0.25) is 0 Å². The minimum atomic E-state index is 0.134. The number of hydrogen-bond acceptors (Lipinski definition) is 3. The fraction of sp³-hybridized carbons (Fsp3) is 0.342. The number of amides is 1. The molecule has 5 nitrogen and oxygen atoms in total. The molecule has 6 rings (SSSR count). The van der Waals surface area contributed by atoms with Crippen molar-refractivity contribution in [1.82, 2.24) is 14.4 Å². The third-order valence-electron chi connectivity index (χ3n) is 9.29. The first-order valence-corrected chi connectivity index (χ1v) is 16.3. The van der Waals surface area contributed by atoms with Crippen molar-refractivity contribution in [3.05, 3.63) is 112 Å². The highest BCUT2D eigenvalue weighted by molar-refractivity contribution is 6.17. The summed E-state index contributed by atoms with van der Waals surface area (Å²) in [6.07, 6.45) is 2.77. The molecule has 0 spiro atoms. The molecule has 0 bridgehead atoms. The average Bonchev–Trinajstić information content (AvgIpc) is 3.30. The molecule has 0 atom stereocenters. The molecule has 228 valence electrons. The van der Waals surface area contributed by atoms with E-state index in [0.29, 0.717) is 5.88 Å². The summed E-state index contributed by atoms with van der Waals surface area (Å²) < 4.78 is 7.74. The maximum absolute atomic E-state index is 13.5. The number of methoxy groups -OCH3 is 1. The molecule has 1 amide bonds. The van der Waals surface area contributed by atoms with Crippen molar-refractivity contribution in [3.8, 4) is 5.75 Å². The molecule has 4 aromatic carbocycles. The van der Waals surface area contributed by atoms with E-state index in [-0.39, 0.29) is 5.91 Å². The van der Waals surface area contributed by atoms with Crippen molar-refractivity contribution in [1.29, 1.82) is 0 Å². The lowest BCUT2D eigenvalue weighted by Gasteiger charge is -2.35. The number of fused-ring (bicyclic) bond motifs is 2. The van der Waals surface area contributed by atoms with Gasteiger partial charge in [-0.15, -0.1) is 11.6 Å². The quantitative estimate of drug-likeness (QED) is 0.153. The van der Waals surface area contributed by atoms with Gasteiger partial charge in [-0.2, -0.15) is 0 Å². The minimum absolute atomic E-state index is 0.134. The van der Waals surface area contributed by atoms with Gasteiger partial charge in [0.05, 0.1) is 7.11 Å². The van der Waals surface area contributed by atoms with Crippen LogP contribution in [0.3, 0.4) is 0 Å². The Bertz CT molecular complexity index is 1780. The van der Waals surface area contributed by atoms with Crippen molar-refractivity contribution in [2.24, 2.45) is 0 Å². The second kappa shape index (κ2) is 13.5. The standard InChI is InChI=1S/C38H42ClN3O2/c1-27-28(2)42(16-5-15-39)37-13-9-31(25-36(27)37)22-30-6-4-7-34(24-30)38(43)41-20-18-40(19-21-41)17-14-29-8-10-33-26-35(44-3)12-11-32(33)23-29/h4,6-13,23-26H,5,14-22H2,1-3H3. The summed E-state index contributed by atoms with van der Waals surface area (Å²) in [5, 5.41) is 3.74. The molecule has 0 radical (unpaired) electrons. The Morgan fingerprint density at radius 2 is 1.57 bits per heavy atom. The Balaban J connectivity index is 1.05. The molecular weight excluding hydrogens is 566 g/mol. The Morgan fingerprint density at radius 3 is 2.36 bits per heavy atom.